The minimum Gasteiger partial charge on any atom is -0.344 e. The fourth-order valence-electron chi connectivity index (χ4n) is 8.55. The van der Waals surface area contributed by atoms with Crippen LogP contribution in [0.4, 0.5) is 0 Å². The van der Waals surface area contributed by atoms with Crippen LogP contribution in [0, 0.1) is 0 Å². The van der Waals surface area contributed by atoms with Crippen molar-refractivity contribution in [2.75, 3.05) is 0 Å². The molecule has 1 N–H and O–H groups in total. The smallest absolute Gasteiger partial charge is 0.159 e. The summed E-state index contributed by atoms with van der Waals surface area (Å²) in [5.74, 6) is 1.97. The average Bonchev–Trinajstić information content (AvgIpc) is 3.64. The first-order valence-corrected chi connectivity index (χ1v) is 19.8. The largest absolute Gasteiger partial charge is 0.344 e. The number of thiophene rings is 1. The maximum atomic E-state index is 5.04. The number of nitrogens with one attached hydrogen (secondary N) is 1. The van der Waals surface area contributed by atoms with Crippen LogP contribution >= 0.6 is 11.3 Å². The number of amidine groups is 2. The Morgan fingerprint density at radius 3 is 2.05 bits per heavy atom. The monoisotopic (exact) mass is 721 g/mol. The lowest BCUT2D eigenvalue weighted by atomic mass is 9.71. The van der Waals surface area contributed by atoms with Gasteiger partial charge in [-0.3, -0.25) is 0 Å². The first kappa shape index (κ1) is 31.9. The molecule has 0 spiro atoms. The Morgan fingerprint density at radius 2 is 1.22 bits per heavy atom. The summed E-state index contributed by atoms with van der Waals surface area (Å²) in [5, 5.41) is 6.17. The quantitative estimate of drug-likeness (QED) is 0.189. The van der Waals surface area contributed by atoms with Gasteiger partial charge in [-0.25, -0.2) is 9.98 Å². The molecule has 2 unspecified atom stereocenters. The van der Waals surface area contributed by atoms with E-state index < -0.39 is 0 Å². The van der Waals surface area contributed by atoms with E-state index in [2.05, 4.69) is 163 Å². The van der Waals surface area contributed by atoms with Crippen molar-refractivity contribution in [3.05, 3.63) is 215 Å². The van der Waals surface area contributed by atoms with Crippen LogP contribution < -0.4 is 5.32 Å². The van der Waals surface area contributed by atoms with Crippen LogP contribution in [0.1, 0.15) is 51.9 Å². The molecule has 8 aromatic rings. The van der Waals surface area contributed by atoms with Crippen molar-refractivity contribution >= 4 is 54.3 Å². The van der Waals surface area contributed by atoms with Gasteiger partial charge in [0.2, 0.25) is 0 Å². The van der Waals surface area contributed by atoms with Crippen LogP contribution in [-0.4, -0.2) is 11.7 Å². The van der Waals surface area contributed by atoms with E-state index in [1.54, 1.807) is 0 Å². The van der Waals surface area contributed by atoms with Gasteiger partial charge in [0.15, 0.2) is 5.84 Å². The summed E-state index contributed by atoms with van der Waals surface area (Å²) >= 11 is 1.83. The Labute approximate surface area is 324 Å². The number of rotatable bonds is 5. The van der Waals surface area contributed by atoms with E-state index in [0.29, 0.717) is 5.92 Å². The van der Waals surface area contributed by atoms with Crippen molar-refractivity contribution in [3.8, 4) is 22.3 Å². The lowest BCUT2D eigenvalue weighted by Crippen LogP contribution is -2.33. The van der Waals surface area contributed by atoms with Crippen molar-refractivity contribution < 1.29 is 0 Å². The first-order valence-electron chi connectivity index (χ1n) is 18.9. The minimum absolute atomic E-state index is 0.222. The molecule has 2 heterocycles. The molecule has 0 saturated carbocycles. The zero-order valence-electron chi connectivity index (χ0n) is 30.0. The van der Waals surface area contributed by atoms with Crippen LogP contribution in [0.5, 0.6) is 0 Å². The standard InChI is InChI=1S/C51H35N3S/c1-3-11-34(12-4-1)49-52-50(35-13-5-2-6-14-35)54-51(53-49)38-24-27-44-46-30-37(25-28-47(46)55-48(44)31-38)33-21-19-32(20-22-33)36-23-26-43-41-17-8-7-15-39(41)40-16-9-10-18-42(40)45(43)29-36/h1-25,27-31,43,49H,26H2,(H,52,53,54). The molecular formula is C51H35N3S. The normalized spacial score (nSPS) is 17.2. The van der Waals surface area contributed by atoms with Gasteiger partial charge in [-0.05, 0) is 80.3 Å². The van der Waals surface area contributed by atoms with Crippen LogP contribution in [0.3, 0.4) is 0 Å². The van der Waals surface area contributed by atoms with E-state index in [9.17, 15) is 0 Å². The second kappa shape index (κ2) is 13.0. The molecule has 2 atom stereocenters. The summed E-state index contributed by atoms with van der Waals surface area (Å²) in [6, 6.07) is 61.2. The van der Waals surface area contributed by atoms with Gasteiger partial charge < -0.3 is 5.32 Å². The Bertz CT molecular complexity index is 2910. The second-order valence-electron chi connectivity index (χ2n) is 14.5. The maximum absolute atomic E-state index is 5.04. The second-order valence-corrected chi connectivity index (χ2v) is 15.6. The molecule has 1 aliphatic heterocycles. The van der Waals surface area contributed by atoms with Gasteiger partial charge in [0, 0.05) is 37.2 Å². The highest BCUT2D eigenvalue weighted by Gasteiger charge is 2.30. The number of benzene rings is 7. The van der Waals surface area contributed by atoms with Gasteiger partial charge in [-0.2, -0.15) is 0 Å². The third-order valence-electron chi connectivity index (χ3n) is 11.3. The number of hydrogen-bond acceptors (Lipinski definition) is 4. The van der Waals surface area contributed by atoms with E-state index in [1.807, 2.05) is 35.6 Å². The molecular weight excluding hydrogens is 687 g/mol. The van der Waals surface area contributed by atoms with Gasteiger partial charge in [0.1, 0.15) is 12.0 Å². The van der Waals surface area contributed by atoms with E-state index in [4.69, 9.17) is 9.98 Å². The molecule has 1 aromatic heterocycles. The fraction of sp³-hybridized carbons (Fsp3) is 0.0588. The van der Waals surface area contributed by atoms with Gasteiger partial charge in [-0.15, -0.1) is 11.3 Å². The molecule has 7 aromatic carbocycles. The van der Waals surface area contributed by atoms with Gasteiger partial charge in [-0.1, -0.05) is 164 Å². The number of nitrogens with zero attached hydrogens (tertiary/aromatic N) is 2. The zero-order chi connectivity index (χ0) is 36.3. The van der Waals surface area contributed by atoms with Gasteiger partial charge in [0.05, 0.1) is 0 Å². The zero-order valence-corrected chi connectivity index (χ0v) is 30.8. The molecule has 55 heavy (non-hydrogen) atoms. The minimum atomic E-state index is -0.222. The van der Waals surface area contributed by atoms with Crippen LogP contribution in [0.25, 0.3) is 53.6 Å². The average molecular weight is 722 g/mol. The molecule has 0 fully saturated rings. The molecule has 3 nitrogen and oxygen atoms in total. The predicted molar refractivity (Wildman–Crippen MR) is 232 cm³/mol. The molecule has 0 radical (unpaired) electrons. The molecule has 0 bridgehead atoms. The summed E-state index contributed by atoms with van der Waals surface area (Å²) < 4.78 is 2.52. The molecule has 0 saturated heterocycles. The van der Waals surface area contributed by atoms with E-state index >= 15 is 0 Å². The Kier molecular flexibility index (Phi) is 7.56. The molecule has 260 valence electrons. The summed E-state index contributed by atoms with van der Waals surface area (Å²) in [6.45, 7) is 0. The Balaban J connectivity index is 0.894. The Hall–Kier alpha value is -6.62. The van der Waals surface area contributed by atoms with Crippen molar-refractivity contribution in [1.29, 1.82) is 0 Å². The molecule has 0 amide bonds. The number of hydrogen-bond donors (Lipinski definition) is 1. The summed E-state index contributed by atoms with van der Waals surface area (Å²) in [7, 11) is 0. The van der Waals surface area contributed by atoms with Crippen LogP contribution in [0.2, 0.25) is 0 Å². The van der Waals surface area contributed by atoms with Crippen molar-refractivity contribution in [2.45, 2.75) is 18.5 Å². The third-order valence-corrected chi connectivity index (χ3v) is 12.4. The molecule has 11 rings (SSSR count). The SMILES string of the molecule is C1=C(c2ccc(-c3ccc4sc5cc(C6=NC(c7ccccc7)=NC(c7ccccc7)N6)ccc5c4c3)cc2)C=C2c3ccccc3-c3ccccc3C2C1. The molecule has 4 heteroatoms. The van der Waals surface area contributed by atoms with E-state index in [-0.39, 0.29) is 6.17 Å². The topological polar surface area (TPSA) is 36.8 Å². The van der Waals surface area contributed by atoms with Crippen molar-refractivity contribution in [3.63, 3.8) is 0 Å². The summed E-state index contributed by atoms with van der Waals surface area (Å²) in [5.41, 5.74) is 15.1. The highest BCUT2D eigenvalue weighted by atomic mass is 32.1. The van der Waals surface area contributed by atoms with Crippen molar-refractivity contribution in [1.82, 2.24) is 5.32 Å². The number of aliphatic imine (C=N–C) groups is 2. The van der Waals surface area contributed by atoms with Gasteiger partial charge in [0.25, 0.3) is 0 Å². The fourth-order valence-corrected chi connectivity index (χ4v) is 9.68. The van der Waals surface area contributed by atoms with Crippen LogP contribution in [-0.2, 0) is 0 Å². The molecule has 3 aliphatic rings. The van der Waals surface area contributed by atoms with E-state index in [1.165, 1.54) is 70.3 Å². The summed E-state index contributed by atoms with van der Waals surface area (Å²) in [6.07, 6.45) is 5.65. The Morgan fingerprint density at radius 1 is 0.527 bits per heavy atom. The van der Waals surface area contributed by atoms with Crippen molar-refractivity contribution in [2.24, 2.45) is 9.98 Å². The first-order chi connectivity index (χ1) is 27.2. The lowest BCUT2D eigenvalue weighted by Gasteiger charge is -2.32. The van der Waals surface area contributed by atoms with E-state index in [0.717, 1.165) is 34.8 Å². The highest BCUT2D eigenvalue weighted by molar-refractivity contribution is 7.25. The molecule has 2 aliphatic carbocycles. The summed E-state index contributed by atoms with van der Waals surface area (Å²) in [4.78, 5) is 10.1. The lowest BCUT2D eigenvalue weighted by molar-refractivity contribution is 0.674. The highest BCUT2D eigenvalue weighted by Crippen LogP contribution is 2.51. The number of fused-ring (bicyclic) bond motifs is 9. The predicted octanol–water partition coefficient (Wildman–Crippen LogP) is 12.9. The third kappa shape index (κ3) is 5.57. The number of allylic oxidation sites excluding steroid dienone is 4. The maximum Gasteiger partial charge on any atom is 0.159 e. The van der Waals surface area contributed by atoms with Gasteiger partial charge >= 0.3 is 0 Å². The van der Waals surface area contributed by atoms with Crippen LogP contribution in [0.15, 0.2) is 192 Å².